The first-order chi connectivity index (χ1) is 20.9. The van der Waals surface area contributed by atoms with Gasteiger partial charge in [-0.05, 0) is 66.8 Å². The number of carbonyl (C=O) groups excluding carboxylic acids is 1. The number of amides is 1. The number of hydrogen-bond donors (Lipinski definition) is 4. The number of aromatic carboxylic acids is 2. The molecule has 2 aromatic heterocycles. The van der Waals surface area contributed by atoms with Gasteiger partial charge in [-0.25, -0.2) is 9.59 Å². The van der Waals surface area contributed by atoms with Crippen LogP contribution in [0.15, 0.2) is 77.3 Å². The lowest BCUT2D eigenvalue weighted by atomic mass is 9.95. The summed E-state index contributed by atoms with van der Waals surface area (Å²) in [6, 6.07) is 17.0. The Kier molecular flexibility index (Phi) is 8.11. The van der Waals surface area contributed by atoms with Gasteiger partial charge in [-0.1, -0.05) is 26.8 Å². The van der Waals surface area contributed by atoms with E-state index in [-0.39, 0.29) is 22.8 Å². The molecule has 12 heteroatoms. The molecule has 1 aliphatic rings. The molecule has 44 heavy (non-hydrogen) atoms. The van der Waals surface area contributed by atoms with Crippen molar-refractivity contribution >= 4 is 46.6 Å². The van der Waals surface area contributed by atoms with E-state index in [0.29, 0.717) is 39.3 Å². The van der Waals surface area contributed by atoms with Crippen LogP contribution in [-0.2, 0) is 4.79 Å². The maximum atomic E-state index is 12.7. The number of ether oxygens (including phenoxy) is 1. The number of nitrogens with one attached hydrogen (secondary N) is 2. The van der Waals surface area contributed by atoms with Gasteiger partial charge in [0.25, 0.3) is 0 Å². The summed E-state index contributed by atoms with van der Waals surface area (Å²) in [6.45, 7) is 5.45. The Bertz CT molecular complexity index is 1730. The zero-order valence-electron chi connectivity index (χ0n) is 24.3. The largest absolute Gasteiger partial charge is 0.494 e. The molecule has 226 valence electrons. The number of hydrogen-bond acceptors (Lipinski definition) is 7. The molecule has 1 amide bonds. The Morgan fingerprint density at radius 1 is 1.00 bits per heavy atom. The molecule has 2 atom stereocenters. The fraction of sp³-hybridized carbons (Fsp3) is 0.219. The summed E-state index contributed by atoms with van der Waals surface area (Å²) >= 11 is 5.80. The Balaban J connectivity index is 1.59. The summed E-state index contributed by atoms with van der Waals surface area (Å²) < 4.78 is 11.9. The van der Waals surface area contributed by atoms with E-state index in [1.54, 1.807) is 36.5 Å². The van der Waals surface area contributed by atoms with Crippen molar-refractivity contribution in [3.63, 3.8) is 0 Å². The molecule has 3 heterocycles. The summed E-state index contributed by atoms with van der Waals surface area (Å²) in [4.78, 5) is 42.5. The second-order valence-electron chi connectivity index (χ2n) is 11.2. The summed E-state index contributed by atoms with van der Waals surface area (Å²) in [5, 5.41) is 25.7. The van der Waals surface area contributed by atoms with E-state index in [4.69, 9.17) is 21.4 Å². The van der Waals surface area contributed by atoms with Crippen LogP contribution in [0.1, 0.15) is 65.0 Å². The van der Waals surface area contributed by atoms with Crippen LogP contribution in [0.5, 0.6) is 5.75 Å². The number of rotatable bonds is 8. The topological polar surface area (TPSA) is 154 Å². The van der Waals surface area contributed by atoms with Gasteiger partial charge < -0.3 is 34.9 Å². The molecule has 0 aliphatic carbocycles. The second kappa shape index (κ2) is 11.8. The third-order valence-electron chi connectivity index (χ3n) is 7.12. The van der Waals surface area contributed by atoms with Crippen molar-refractivity contribution in [1.82, 2.24) is 10.3 Å². The van der Waals surface area contributed by atoms with E-state index in [1.165, 1.54) is 19.2 Å². The summed E-state index contributed by atoms with van der Waals surface area (Å²) in [5.41, 5.74) is 1.17. The lowest BCUT2D eigenvalue weighted by Crippen LogP contribution is -2.30. The SMILES string of the molecule is COc1cc(N2C(=S)N[C@H](c3ccccn3)[C@@H]2c2ccc(-c3cc(C(=O)O)cc(C(=O)O)c3)o2)ccc1NC(=O)C(C)(C)C. The zero-order chi connectivity index (χ0) is 31.8. The minimum absolute atomic E-state index is 0.170. The Morgan fingerprint density at radius 2 is 1.70 bits per heavy atom. The molecule has 4 aromatic rings. The molecule has 11 nitrogen and oxygen atoms in total. The number of pyridine rings is 1. The number of aromatic nitrogens is 1. The van der Waals surface area contributed by atoms with Gasteiger partial charge >= 0.3 is 11.9 Å². The van der Waals surface area contributed by atoms with Crippen LogP contribution in [0.25, 0.3) is 11.3 Å². The molecule has 1 aliphatic heterocycles. The number of benzene rings is 2. The van der Waals surface area contributed by atoms with Crippen LogP contribution in [-0.4, -0.2) is 45.3 Å². The van der Waals surface area contributed by atoms with Crippen LogP contribution in [0, 0.1) is 5.41 Å². The van der Waals surface area contributed by atoms with Crippen LogP contribution < -0.4 is 20.3 Å². The Morgan fingerprint density at radius 3 is 2.30 bits per heavy atom. The first-order valence-corrected chi connectivity index (χ1v) is 14.0. The number of carbonyl (C=O) groups is 3. The van der Waals surface area contributed by atoms with Gasteiger partial charge in [0.2, 0.25) is 5.91 Å². The maximum absolute atomic E-state index is 12.7. The minimum Gasteiger partial charge on any atom is -0.494 e. The Labute approximate surface area is 258 Å². The summed E-state index contributed by atoms with van der Waals surface area (Å²) in [6.07, 6.45) is 1.67. The number of carboxylic acids is 2. The number of carboxylic acid groups (broad SMARTS) is 2. The first-order valence-electron chi connectivity index (χ1n) is 13.6. The molecule has 5 rings (SSSR count). The van der Waals surface area contributed by atoms with Gasteiger partial charge in [0.1, 0.15) is 23.3 Å². The van der Waals surface area contributed by atoms with E-state index in [2.05, 4.69) is 15.6 Å². The van der Waals surface area contributed by atoms with E-state index in [0.717, 1.165) is 6.07 Å². The second-order valence-corrected chi connectivity index (χ2v) is 11.6. The van der Waals surface area contributed by atoms with Crippen molar-refractivity contribution in [1.29, 1.82) is 0 Å². The van der Waals surface area contributed by atoms with Crippen molar-refractivity contribution in [2.45, 2.75) is 32.9 Å². The first kappa shape index (κ1) is 30.2. The number of nitrogens with zero attached hydrogens (tertiary/aromatic N) is 2. The van der Waals surface area contributed by atoms with E-state index in [9.17, 15) is 24.6 Å². The van der Waals surface area contributed by atoms with Crippen molar-refractivity contribution in [3.05, 3.63) is 95.5 Å². The van der Waals surface area contributed by atoms with Gasteiger partial charge in [-0.3, -0.25) is 9.78 Å². The van der Waals surface area contributed by atoms with E-state index in [1.807, 2.05) is 43.9 Å². The molecule has 0 spiro atoms. The lowest BCUT2D eigenvalue weighted by molar-refractivity contribution is -0.123. The standard InChI is InChI=1S/C32H30N4O7S/c1-32(2,3)30(41)34-21-9-8-20(16-25(21)42-4)36-27(26(35-31(36)44)22-7-5-6-12-33-22)24-11-10-23(43-24)17-13-18(28(37)38)15-19(14-17)29(39)40/h5-16,26-27H,1-4H3,(H,34,41)(H,35,44)(H,37,38)(H,39,40)/t26-,27+/m1/s1. The molecule has 2 aromatic carbocycles. The predicted molar refractivity (Wildman–Crippen MR) is 167 cm³/mol. The zero-order valence-corrected chi connectivity index (χ0v) is 25.1. The number of thiocarbonyl (C=S) groups is 1. The van der Waals surface area contributed by atoms with Gasteiger partial charge in [0.15, 0.2) is 5.11 Å². The molecular formula is C32H30N4O7S. The smallest absolute Gasteiger partial charge is 0.335 e. The molecule has 0 saturated carbocycles. The average molecular weight is 615 g/mol. The third kappa shape index (κ3) is 5.97. The fourth-order valence-corrected chi connectivity index (χ4v) is 5.19. The quantitative estimate of drug-likeness (QED) is 0.175. The predicted octanol–water partition coefficient (Wildman–Crippen LogP) is 5.91. The van der Waals surface area contributed by atoms with E-state index < -0.39 is 29.4 Å². The van der Waals surface area contributed by atoms with E-state index >= 15 is 0 Å². The summed E-state index contributed by atoms with van der Waals surface area (Å²) in [5.74, 6) is -1.52. The highest BCUT2D eigenvalue weighted by atomic mass is 32.1. The molecule has 1 saturated heterocycles. The van der Waals surface area contributed by atoms with Gasteiger partial charge in [0, 0.05) is 28.9 Å². The van der Waals surface area contributed by atoms with Crippen LogP contribution >= 0.6 is 12.2 Å². The van der Waals surface area contributed by atoms with Crippen molar-refractivity contribution in [2.75, 3.05) is 17.3 Å². The minimum atomic E-state index is -1.26. The number of furan rings is 1. The van der Waals surface area contributed by atoms with Crippen molar-refractivity contribution in [3.8, 4) is 17.1 Å². The van der Waals surface area contributed by atoms with Crippen molar-refractivity contribution < 1.29 is 33.8 Å². The molecule has 0 unspecified atom stereocenters. The van der Waals surface area contributed by atoms with Gasteiger partial charge in [-0.15, -0.1) is 0 Å². The van der Waals surface area contributed by atoms with Crippen molar-refractivity contribution in [2.24, 2.45) is 5.41 Å². The average Bonchev–Trinajstić information content (AvgIpc) is 3.61. The van der Waals surface area contributed by atoms with Gasteiger partial charge in [-0.2, -0.15) is 0 Å². The molecule has 0 radical (unpaired) electrons. The van der Waals surface area contributed by atoms with Crippen LogP contribution in [0.4, 0.5) is 11.4 Å². The lowest BCUT2D eigenvalue weighted by Gasteiger charge is -2.27. The molecular weight excluding hydrogens is 584 g/mol. The fourth-order valence-electron chi connectivity index (χ4n) is 4.85. The maximum Gasteiger partial charge on any atom is 0.335 e. The summed E-state index contributed by atoms with van der Waals surface area (Å²) in [7, 11) is 1.51. The van der Waals surface area contributed by atoms with Crippen LogP contribution in [0.2, 0.25) is 0 Å². The number of anilines is 2. The monoisotopic (exact) mass is 614 g/mol. The third-order valence-corrected chi connectivity index (χ3v) is 7.44. The van der Waals surface area contributed by atoms with Crippen LogP contribution in [0.3, 0.4) is 0 Å². The highest BCUT2D eigenvalue weighted by molar-refractivity contribution is 7.80. The highest BCUT2D eigenvalue weighted by Crippen LogP contribution is 2.44. The molecule has 4 N–H and O–H groups in total. The number of methoxy groups -OCH3 is 1. The highest BCUT2D eigenvalue weighted by Gasteiger charge is 2.43. The molecule has 1 fully saturated rings. The van der Waals surface area contributed by atoms with Gasteiger partial charge in [0.05, 0.1) is 35.7 Å². The Hall–Kier alpha value is -5.23. The molecule has 0 bridgehead atoms. The normalized spacial score (nSPS) is 16.4.